The van der Waals surface area contributed by atoms with Gasteiger partial charge in [0.25, 0.3) is 5.91 Å². The summed E-state index contributed by atoms with van der Waals surface area (Å²) in [5.41, 5.74) is 3.70. The molecule has 3 aliphatic rings. The minimum Gasteiger partial charge on any atom is -0.477 e. The highest BCUT2D eigenvalue weighted by Crippen LogP contribution is 2.39. The Morgan fingerprint density at radius 1 is 1.18 bits per heavy atom. The van der Waals surface area contributed by atoms with Crippen molar-refractivity contribution in [3.63, 3.8) is 0 Å². The number of guanidine groups is 1. The van der Waals surface area contributed by atoms with Crippen LogP contribution in [0.25, 0.3) is 11.3 Å². The molecule has 0 spiro atoms. The summed E-state index contributed by atoms with van der Waals surface area (Å²) in [6.07, 6.45) is -2.92. The monoisotopic (exact) mass is 555 g/mol. The van der Waals surface area contributed by atoms with Gasteiger partial charge in [0.05, 0.1) is 60.6 Å². The molecular formula is C27H28F3N7O3. The SMILES string of the molecule is Cc1cc2cc(n1)-c1cnn(C)c1OCCCC(C(F)(F)F)CN1/C(=N/C2=O)Nc2cc(NC3COC3)ccc21. The zero-order chi connectivity index (χ0) is 28.0. The summed E-state index contributed by atoms with van der Waals surface area (Å²) in [6, 6.07) is 8.71. The molecule has 40 heavy (non-hydrogen) atoms. The molecule has 10 nitrogen and oxygen atoms in total. The summed E-state index contributed by atoms with van der Waals surface area (Å²) in [5.74, 6) is -1.88. The van der Waals surface area contributed by atoms with Gasteiger partial charge in [-0.15, -0.1) is 0 Å². The predicted octanol–water partition coefficient (Wildman–Crippen LogP) is 4.38. The Morgan fingerprint density at radius 2 is 2.00 bits per heavy atom. The van der Waals surface area contributed by atoms with E-state index in [1.165, 1.54) is 9.58 Å². The number of aromatic nitrogens is 3. The van der Waals surface area contributed by atoms with Crippen molar-refractivity contribution in [2.75, 3.05) is 41.9 Å². The normalized spacial score (nSPS) is 20.9. The molecule has 1 fully saturated rings. The van der Waals surface area contributed by atoms with Crippen LogP contribution in [0, 0.1) is 12.8 Å². The molecule has 0 radical (unpaired) electrons. The average molecular weight is 556 g/mol. The van der Waals surface area contributed by atoms with Crippen LogP contribution in [0.3, 0.4) is 0 Å². The summed E-state index contributed by atoms with van der Waals surface area (Å²) in [6.45, 7) is 2.58. The topological polar surface area (TPSA) is 106 Å². The third-order valence-electron chi connectivity index (χ3n) is 7.17. The second-order valence-corrected chi connectivity index (χ2v) is 10.2. The van der Waals surface area contributed by atoms with E-state index in [9.17, 15) is 18.0 Å². The largest absolute Gasteiger partial charge is 0.477 e. The molecule has 3 aliphatic heterocycles. The zero-order valence-corrected chi connectivity index (χ0v) is 22.0. The summed E-state index contributed by atoms with van der Waals surface area (Å²) in [5, 5.41) is 10.6. The van der Waals surface area contributed by atoms with Gasteiger partial charge in [0.15, 0.2) is 0 Å². The second kappa shape index (κ2) is 10.1. The molecule has 1 atom stereocenters. The number of halogens is 3. The molecule has 13 heteroatoms. The third kappa shape index (κ3) is 5.08. The molecule has 3 aromatic rings. The second-order valence-electron chi connectivity index (χ2n) is 10.2. The molecule has 6 rings (SSSR count). The number of anilines is 3. The first-order chi connectivity index (χ1) is 19.2. The van der Waals surface area contributed by atoms with E-state index in [2.05, 4.69) is 25.7 Å². The van der Waals surface area contributed by atoms with Crippen LogP contribution in [0.15, 0.2) is 41.5 Å². The number of pyridine rings is 1. The number of rotatable bonds is 2. The van der Waals surface area contributed by atoms with E-state index in [1.54, 1.807) is 50.5 Å². The van der Waals surface area contributed by atoms with Gasteiger partial charge in [-0.05, 0) is 50.1 Å². The van der Waals surface area contributed by atoms with Crippen LogP contribution < -0.4 is 20.3 Å². The lowest BCUT2D eigenvalue weighted by atomic mass is 10.0. The Balaban J connectivity index is 1.42. The van der Waals surface area contributed by atoms with E-state index in [0.717, 1.165) is 5.69 Å². The van der Waals surface area contributed by atoms with E-state index < -0.39 is 24.5 Å². The van der Waals surface area contributed by atoms with Crippen LogP contribution in [-0.2, 0) is 11.8 Å². The molecule has 5 heterocycles. The lowest BCUT2D eigenvalue weighted by molar-refractivity contribution is -0.173. The summed E-state index contributed by atoms with van der Waals surface area (Å²) in [4.78, 5) is 23.7. The van der Waals surface area contributed by atoms with Gasteiger partial charge in [0, 0.05) is 30.5 Å². The van der Waals surface area contributed by atoms with E-state index in [1.807, 2.05) is 0 Å². The quantitative estimate of drug-likeness (QED) is 0.480. The summed E-state index contributed by atoms with van der Waals surface area (Å²) >= 11 is 0. The van der Waals surface area contributed by atoms with Gasteiger partial charge in [0.2, 0.25) is 11.8 Å². The smallest absolute Gasteiger partial charge is 0.393 e. The highest BCUT2D eigenvalue weighted by atomic mass is 19.4. The van der Waals surface area contributed by atoms with Crippen molar-refractivity contribution in [3.05, 3.63) is 47.8 Å². The van der Waals surface area contributed by atoms with Crippen molar-refractivity contribution in [2.24, 2.45) is 18.0 Å². The molecule has 2 bridgehead atoms. The molecule has 0 saturated carbocycles. The van der Waals surface area contributed by atoms with Crippen molar-refractivity contribution < 1.29 is 27.4 Å². The maximum atomic E-state index is 14.3. The number of ether oxygens (including phenoxy) is 2. The number of hydrogen-bond acceptors (Lipinski definition) is 8. The molecule has 2 N–H and O–H groups in total. The number of hydrogen-bond donors (Lipinski definition) is 2. The van der Waals surface area contributed by atoms with E-state index >= 15 is 0 Å². The van der Waals surface area contributed by atoms with Crippen molar-refractivity contribution >= 4 is 28.9 Å². The molecule has 1 amide bonds. The molecular weight excluding hydrogens is 527 g/mol. The zero-order valence-electron chi connectivity index (χ0n) is 22.0. The van der Waals surface area contributed by atoms with Crippen molar-refractivity contribution in [2.45, 2.75) is 32.0 Å². The number of amides is 1. The van der Waals surface area contributed by atoms with Crippen LogP contribution in [0.4, 0.5) is 30.2 Å². The number of fused-ring (bicyclic) bond motifs is 7. The number of alkyl halides is 3. The fraction of sp³-hybridized carbons (Fsp3) is 0.407. The lowest BCUT2D eigenvalue weighted by Crippen LogP contribution is -2.40. The van der Waals surface area contributed by atoms with E-state index in [4.69, 9.17) is 9.47 Å². The van der Waals surface area contributed by atoms with Gasteiger partial charge in [-0.2, -0.15) is 23.3 Å². The van der Waals surface area contributed by atoms with Crippen LogP contribution in [0.2, 0.25) is 0 Å². The first kappa shape index (κ1) is 26.1. The van der Waals surface area contributed by atoms with Crippen molar-refractivity contribution in [1.29, 1.82) is 0 Å². The standard InChI is InChI=1S/C27H28F3N7O3/c1-15-8-16-9-21(32-15)20-11-31-36(2)25(20)40-7-3-4-17(27(28,29)30)12-37-23-6-5-18(33-19-13-39-14-19)10-22(23)34-26(37)35-24(16)38/h5-6,8-11,17,19,33H,3-4,7,12-14H2,1-2H3,(H,34,35,38). The van der Waals surface area contributed by atoms with E-state index in [-0.39, 0.29) is 37.0 Å². The molecule has 0 aliphatic carbocycles. The van der Waals surface area contributed by atoms with Crippen molar-refractivity contribution in [3.8, 4) is 17.1 Å². The number of benzene rings is 1. The third-order valence-corrected chi connectivity index (χ3v) is 7.17. The maximum absolute atomic E-state index is 14.3. The fourth-order valence-corrected chi connectivity index (χ4v) is 5.03. The highest BCUT2D eigenvalue weighted by Gasteiger charge is 2.42. The van der Waals surface area contributed by atoms with Crippen molar-refractivity contribution in [1.82, 2.24) is 14.8 Å². The Labute approximate surface area is 228 Å². The first-order valence-corrected chi connectivity index (χ1v) is 13.0. The van der Waals surface area contributed by atoms with Gasteiger partial charge in [-0.25, -0.2) is 4.68 Å². The number of nitrogens with one attached hydrogen (secondary N) is 2. The highest BCUT2D eigenvalue weighted by molar-refractivity contribution is 6.19. The van der Waals surface area contributed by atoms with Crippen LogP contribution in [-0.4, -0.2) is 65.2 Å². The molecule has 1 aromatic carbocycles. The summed E-state index contributed by atoms with van der Waals surface area (Å²) < 4.78 is 55.4. The van der Waals surface area contributed by atoms with Gasteiger partial charge in [-0.1, -0.05) is 0 Å². The Bertz CT molecular complexity index is 1480. The van der Waals surface area contributed by atoms with Gasteiger partial charge >= 0.3 is 6.18 Å². The van der Waals surface area contributed by atoms with Gasteiger partial charge in [0.1, 0.15) is 0 Å². The van der Waals surface area contributed by atoms with Gasteiger partial charge in [-0.3, -0.25) is 9.78 Å². The fourth-order valence-electron chi connectivity index (χ4n) is 5.03. The Morgan fingerprint density at radius 3 is 2.75 bits per heavy atom. The minimum absolute atomic E-state index is 0.0441. The maximum Gasteiger partial charge on any atom is 0.393 e. The molecule has 210 valence electrons. The number of carbonyl (C=O) groups excluding carboxylic acids is 1. The lowest BCUT2D eigenvalue weighted by Gasteiger charge is -2.28. The predicted molar refractivity (Wildman–Crippen MR) is 143 cm³/mol. The average Bonchev–Trinajstić information content (AvgIpc) is 3.40. The molecule has 2 aromatic heterocycles. The minimum atomic E-state index is -4.47. The first-order valence-electron chi connectivity index (χ1n) is 13.0. The molecule has 1 unspecified atom stereocenters. The number of aryl methyl sites for hydroxylation is 2. The Hall–Kier alpha value is -4.13. The van der Waals surface area contributed by atoms with Crippen LogP contribution in [0.5, 0.6) is 5.88 Å². The number of aliphatic imine (C=N–C) groups is 1. The van der Waals surface area contributed by atoms with E-state index in [0.29, 0.717) is 47.4 Å². The molecule has 1 saturated heterocycles. The number of nitrogens with zero attached hydrogens (tertiary/aromatic N) is 5. The Kier molecular flexibility index (Phi) is 6.61. The van der Waals surface area contributed by atoms with Gasteiger partial charge < -0.3 is 25.0 Å². The summed E-state index contributed by atoms with van der Waals surface area (Å²) in [7, 11) is 1.68. The van der Waals surface area contributed by atoms with Crippen LogP contribution >= 0.6 is 0 Å². The number of carbonyl (C=O) groups is 1. The van der Waals surface area contributed by atoms with Crippen LogP contribution in [0.1, 0.15) is 28.9 Å².